The van der Waals surface area contributed by atoms with Crippen LogP contribution in [0.4, 0.5) is 0 Å². The molecule has 1 N–H and O–H groups in total. The van der Waals surface area contributed by atoms with E-state index in [9.17, 15) is 4.79 Å². The normalized spacial score (nSPS) is 16.3. The molecule has 0 spiro atoms. The minimum absolute atomic E-state index is 0.231. The number of carbonyl (C=O) groups is 1. The molecule has 3 aromatic rings. The summed E-state index contributed by atoms with van der Waals surface area (Å²) in [5.74, 6) is 1.58. The zero-order chi connectivity index (χ0) is 18.8. The van der Waals surface area contributed by atoms with Gasteiger partial charge in [-0.05, 0) is 37.3 Å². The van der Waals surface area contributed by atoms with Crippen molar-refractivity contribution < 1.29 is 14.1 Å². The number of carbonyl (C=O) groups excluding carboxylic acids is 1. The lowest BCUT2D eigenvalue weighted by molar-refractivity contribution is 0.0936. The van der Waals surface area contributed by atoms with Gasteiger partial charge in [-0.25, -0.2) is 0 Å². The number of para-hydroxylation sites is 1. The number of fused-ring (bicyclic) bond motifs is 1. The van der Waals surface area contributed by atoms with E-state index in [1.54, 1.807) is 16.9 Å². The van der Waals surface area contributed by atoms with Crippen molar-refractivity contribution in [2.75, 3.05) is 13.2 Å². The van der Waals surface area contributed by atoms with E-state index in [0.717, 1.165) is 29.8 Å². The number of aryl methyl sites for hydroxylation is 1. The number of hydrogen-bond acceptors (Lipinski definition) is 5. The van der Waals surface area contributed by atoms with Crippen molar-refractivity contribution in [1.29, 1.82) is 0 Å². The van der Waals surface area contributed by atoms with Crippen molar-refractivity contribution in [3.05, 3.63) is 53.5 Å². The summed E-state index contributed by atoms with van der Waals surface area (Å²) in [6, 6.07) is 9.72. The molecular weight excluding hydrogens is 344 g/mol. The molecule has 1 aliphatic heterocycles. The second-order valence-corrected chi connectivity index (χ2v) is 6.87. The second-order valence-electron chi connectivity index (χ2n) is 6.87. The topological polar surface area (TPSA) is 82.2 Å². The Bertz CT molecular complexity index is 960. The maximum absolute atomic E-state index is 12.5. The van der Waals surface area contributed by atoms with Gasteiger partial charge in [-0.1, -0.05) is 23.4 Å². The summed E-state index contributed by atoms with van der Waals surface area (Å²) in [6.45, 7) is 3.17. The standard InChI is InChI=1S/C20H22N4O3/c1-13-16(12-22-24(13)2)19-10-17(23-27-19)20(25)21-11-14-7-8-26-18-6-4-3-5-15(18)9-14/h3-6,10,12,14H,7-9,11H2,1-2H3,(H,21,25)/t14-/m0/s1. The minimum Gasteiger partial charge on any atom is -0.493 e. The van der Waals surface area contributed by atoms with Crippen LogP contribution in [-0.4, -0.2) is 34.0 Å². The Morgan fingerprint density at radius 3 is 3.04 bits per heavy atom. The maximum atomic E-state index is 12.5. The highest BCUT2D eigenvalue weighted by Gasteiger charge is 2.20. The van der Waals surface area contributed by atoms with E-state index in [0.29, 0.717) is 24.8 Å². The molecule has 2 aromatic heterocycles. The maximum Gasteiger partial charge on any atom is 0.273 e. The van der Waals surface area contributed by atoms with Gasteiger partial charge >= 0.3 is 0 Å². The Balaban J connectivity index is 1.39. The first-order valence-corrected chi connectivity index (χ1v) is 9.06. The summed E-state index contributed by atoms with van der Waals surface area (Å²) in [5, 5.41) is 11.1. The van der Waals surface area contributed by atoms with E-state index >= 15 is 0 Å². The van der Waals surface area contributed by atoms with Crippen LogP contribution in [-0.2, 0) is 13.5 Å². The summed E-state index contributed by atoms with van der Waals surface area (Å²) in [7, 11) is 1.86. The van der Waals surface area contributed by atoms with E-state index in [1.165, 1.54) is 5.56 Å². The molecule has 0 aliphatic carbocycles. The molecule has 1 amide bonds. The number of rotatable bonds is 4. The fourth-order valence-electron chi connectivity index (χ4n) is 3.31. The molecule has 0 fully saturated rings. The highest BCUT2D eigenvalue weighted by Crippen LogP contribution is 2.26. The van der Waals surface area contributed by atoms with Gasteiger partial charge in [0, 0.05) is 25.4 Å². The highest BCUT2D eigenvalue weighted by atomic mass is 16.5. The molecule has 27 heavy (non-hydrogen) atoms. The third kappa shape index (κ3) is 3.58. The number of hydrogen-bond donors (Lipinski definition) is 1. The second kappa shape index (κ2) is 7.26. The molecule has 0 saturated heterocycles. The van der Waals surface area contributed by atoms with Gasteiger partial charge in [0.2, 0.25) is 0 Å². The number of benzene rings is 1. The molecule has 3 heterocycles. The van der Waals surface area contributed by atoms with E-state index in [4.69, 9.17) is 9.26 Å². The Hall–Kier alpha value is -3.09. The number of amides is 1. The number of nitrogens with one attached hydrogen (secondary N) is 1. The van der Waals surface area contributed by atoms with Crippen LogP contribution in [0.2, 0.25) is 0 Å². The van der Waals surface area contributed by atoms with Crippen LogP contribution in [0.25, 0.3) is 11.3 Å². The quantitative estimate of drug-likeness (QED) is 0.768. The minimum atomic E-state index is -0.231. The van der Waals surface area contributed by atoms with Gasteiger partial charge in [0.25, 0.3) is 5.91 Å². The number of aromatic nitrogens is 3. The van der Waals surface area contributed by atoms with Crippen LogP contribution in [0.3, 0.4) is 0 Å². The first kappa shape index (κ1) is 17.3. The SMILES string of the molecule is Cc1c(-c2cc(C(=O)NC[C@H]3CCOc4ccccc4C3)no2)cnn1C. The van der Waals surface area contributed by atoms with Crippen molar-refractivity contribution in [1.82, 2.24) is 20.3 Å². The monoisotopic (exact) mass is 366 g/mol. The molecule has 7 nitrogen and oxygen atoms in total. The van der Waals surface area contributed by atoms with E-state index < -0.39 is 0 Å². The van der Waals surface area contributed by atoms with Gasteiger partial charge < -0.3 is 14.6 Å². The van der Waals surface area contributed by atoms with Crippen LogP contribution in [0.15, 0.2) is 41.1 Å². The Morgan fingerprint density at radius 2 is 2.22 bits per heavy atom. The summed E-state index contributed by atoms with van der Waals surface area (Å²) in [5.41, 5.74) is 3.25. The van der Waals surface area contributed by atoms with Gasteiger partial charge in [-0.2, -0.15) is 5.10 Å². The molecule has 4 rings (SSSR count). The fraction of sp³-hybridized carbons (Fsp3) is 0.350. The van der Waals surface area contributed by atoms with Crippen molar-refractivity contribution in [2.45, 2.75) is 19.8 Å². The van der Waals surface area contributed by atoms with Gasteiger partial charge in [0.1, 0.15) is 5.75 Å². The van der Waals surface area contributed by atoms with Crippen LogP contribution >= 0.6 is 0 Å². The predicted octanol–water partition coefficient (Wildman–Crippen LogP) is 2.75. The largest absolute Gasteiger partial charge is 0.493 e. The molecular formula is C20H22N4O3. The Morgan fingerprint density at radius 1 is 1.37 bits per heavy atom. The third-order valence-electron chi connectivity index (χ3n) is 5.06. The van der Waals surface area contributed by atoms with Crippen molar-refractivity contribution in [2.24, 2.45) is 13.0 Å². The van der Waals surface area contributed by atoms with Gasteiger partial charge in [0.15, 0.2) is 11.5 Å². The summed E-state index contributed by atoms with van der Waals surface area (Å²) in [4.78, 5) is 12.5. The van der Waals surface area contributed by atoms with Crippen LogP contribution < -0.4 is 10.1 Å². The van der Waals surface area contributed by atoms with Crippen LogP contribution in [0, 0.1) is 12.8 Å². The first-order valence-electron chi connectivity index (χ1n) is 9.06. The Kier molecular flexibility index (Phi) is 4.66. The highest BCUT2D eigenvalue weighted by molar-refractivity contribution is 5.93. The predicted molar refractivity (Wildman–Crippen MR) is 99.5 cm³/mol. The molecule has 0 saturated carbocycles. The smallest absolute Gasteiger partial charge is 0.273 e. The lowest BCUT2D eigenvalue weighted by atomic mass is 9.97. The number of nitrogens with zero attached hydrogens (tertiary/aromatic N) is 3. The third-order valence-corrected chi connectivity index (χ3v) is 5.06. The van der Waals surface area contributed by atoms with Gasteiger partial charge in [0.05, 0.1) is 18.4 Å². The van der Waals surface area contributed by atoms with Crippen molar-refractivity contribution in [3.63, 3.8) is 0 Å². The molecule has 7 heteroatoms. The molecule has 0 unspecified atom stereocenters. The van der Waals surface area contributed by atoms with Gasteiger partial charge in [-0.15, -0.1) is 0 Å². The van der Waals surface area contributed by atoms with Crippen LogP contribution in [0.5, 0.6) is 5.75 Å². The first-order chi connectivity index (χ1) is 13.1. The average molecular weight is 366 g/mol. The van der Waals surface area contributed by atoms with Crippen molar-refractivity contribution >= 4 is 5.91 Å². The van der Waals surface area contributed by atoms with E-state index in [2.05, 4.69) is 21.6 Å². The number of ether oxygens (including phenoxy) is 1. The van der Waals surface area contributed by atoms with Crippen molar-refractivity contribution in [3.8, 4) is 17.1 Å². The summed E-state index contributed by atoms with van der Waals surface area (Å²) < 4.78 is 12.9. The zero-order valence-corrected chi connectivity index (χ0v) is 15.4. The lowest BCUT2D eigenvalue weighted by Gasteiger charge is -2.13. The fourth-order valence-corrected chi connectivity index (χ4v) is 3.31. The Labute approximate surface area is 157 Å². The summed E-state index contributed by atoms with van der Waals surface area (Å²) >= 11 is 0. The average Bonchev–Trinajstić information content (AvgIpc) is 3.21. The molecule has 1 aromatic carbocycles. The van der Waals surface area contributed by atoms with E-state index in [1.807, 2.05) is 32.2 Å². The van der Waals surface area contributed by atoms with E-state index in [-0.39, 0.29) is 11.6 Å². The summed E-state index contributed by atoms with van der Waals surface area (Å²) in [6.07, 6.45) is 3.49. The molecule has 1 atom stereocenters. The van der Waals surface area contributed by atoms with Crippen LogP contribution in [0.1, 0.15) is 28.2 Å². The molecule has 140 valence electrons. The van der Waals surface area contributed by atoms with Gasteiger partial charge in [-0.3, -0.25) is 9.48 Å². The molecule has 1 aliphatic rings. The molecule has 0 bridgehead atoms. The lowest BCUT2D eigenvalue weighted by Crippen LogP contribution is -2.30. The molecule has 0 radical (unpaired) electrons. The zero-order valence-electron chi connectivity index (χ0n) is 15.4.